The molecular weight excluding hydrogens is 164 g/mol. The number of hydrogen-bond acceptors (Lipinski definition) is 2. The topological polar surface area (TPSA) is 34.1 Å². The summed E-state index contributed by atoms with van der Waals surface area (Å²) in [5.41, 5.74) is 0. The van der Waals surface area contributed by atoms with Gasteiger partial charge in [-0.3, -0.25) is 9.59 Å². The lowest BCUT2D eigenvalue weighted by molar-refractivity contribution is -0.120. The summed E-state index contributed by atoms with van der Waals surface area (Å²) in [6, 6.07) is 0. The Morgan fingerprint density at radius 1 is 1.38 bits per heavy atom. The Balaban J connectivity index is 2.66. The molecular formula is C11H14O2. The van der Waals surface area contributed by atoms with Crippen LogP contribution in [0.25, 0.3) is 0 Å². The molecule has 0 fully saturated rings. The molecule has 0 aromatic rings. The number of aldehydes is 1. The van der Waals surface area contributed by atoms with E-state index in [4.69, 9.17) is 0 Å². The lowest BCUT2D eigenvalue weighted by Crippen LogP contribution is -2.17. The van der Waals surface area contributed by atoms with Gasteiger partial charge in [0.25, 0.3) is 0 Å². The Morgan fingerprint density at radius 2 is 2.08 bits per heavy atom. The SMILES string of the molecule is CC(=O)[C@@H]1C=C[C@H](/C=C/C=O)[C@@H]1C. The molecule has 0 aliphatic heterocycles. The molecule has 3 atom stereocenters. The van der Waals surface area contributed by atoms with Crippen LogP contribution in [0, 0.1) is 17.8 Å². The fourth-order valence-corrected chi connectivity index (χ4v) is 1.76. The third-order valence-corrected chi connectivity index (χ3v) is 2.60. The predicted octanol–water partition coefficient (Wildman–Crippen LogP) is 1.77. The van der Waals surface area contributed by atoms with Crippen molar-refractivity contribution in [3.8, 4) is 0 Å². The van der Waals surface area contributed by atoms with Crippen molar-refractivity contribution in [3.05, 3.63) is 24.3 Å². The van der Waals surface area contributed by atoms with Crippen molar-refractivity contribution in [2.75, 3.05) is 0 Å². The van der Waals surface area contributed by atoms with Crippen LogP contribution in [0.15, 0.2) is 24.3 Å². The lowest BCUT2D eigenvalue weighted by atomic mass is 9.87. The third-order valence-electron chi connectivity index (χ3n) is 2.60. The van der Waals surface area contributed by atoms with Crippen LogP contribution < -0.4 is 0 Å². The van der Waals surface area contributed by atoms with Crippen molar-refractivity contribution in [2.45, 2.75) is 13.8 Å². The standard InChI is InChI=1S/C11H14O2/c1-8-10(4-3-7-12)5-6-11(8)9(2)13/h3-8,10-11H,1-2H3/b4-3+/t8-,10-,11+/m0/s1. The van der Waals surface area contributed by atoms with Gasteiger partial charge in [0.05, 0.1) is 0 Å². The summed E-state index contributed by atoms with van der Waals surface area (Å²) in [5.74, 6) is 0.750. The van der Waals surface area contributed by atoms with E-state index in [1.807, 2.05) is 25.2 Å². The summed E-state index contributed by atoms with van der Waals surface area (Å²) in [4.78, 5) is 21.2. The molecule has 0 heterocycles. The van der Waals surface area contributed by atoms with Crippen LogP contribution >= 0.6 is 0 Å². The van der Waals surface area contributed by atoms with E-state index in [0.717, 1.165) is 6.29 Å². The van der Waals surface area contributed by atoms with Crippen LogP contribution in [0.1, 0.15) is 13.8 Å². The van der Waals surface area contributed by atoms with Crippen LogP contribution in [0.5, 0.6) is 0 Å². The molecule has 0 amide bonds. The predicted molar refractivity (Wildman–Crippen MR) is 51.2 cm³/mol. The number of allylic oxidation sites excluding steroid dienone is 4. The molecule has 0 unspecified atom stereocenters. The summed E-state index contributed by atoms with van der Waals surface area (Å²) >= 11 is 0. The van der Waals surface area contributed by atoms with E-state index in [9.17, 15) is 9.59 Å². The number of carbonyl (C=O) groups excluding carboxylic acids is 2. The maximum atomic E-state index is 11.1. The van der Waals surface area contributed by atoms with Gasteiger partial charge in [0, 0.05) is 5.92 Å². The number of hydrogen-bond donors (Lipinski definition) is 0. The minimum absolute atomic E-state index is 0.0290. The molecule has 0 bridgehead atoms. The van der Waals surface area contributed by atoms with E-state index in [1.165, 1.54) is 6.08 Å². The molecule has 0 saturated carbocycles. The average Bonchev–Trinajstić information content (AvgIpc) is 2.43. The molecule has 0 aromatic carbocycles. The second-order valence-electron chi connectivity index (χ2n) is 3.48. The van der Waals surface area contributed by atoms with Gasteiger partial charge in [0.1, 0.15) is 12.1 Å². The van der Waals surface area contributed by atoms with Gasteiger partial charge in [-0.05, 0) is 24.8 Å². The molecule has 0 spiro atoms. The van der Waals surface area contributed by atoms with E-state index in [2.05, 4.69) is 0 Å². The van der Waals surface area contributed by atoms with E-state index in [0.29, 0.717) is 0 Å². The van der Waals surface area contributed by atoms with Crippen molar-refractivity contribution >= 4 is 12.1 Å². The van der Waals surface area contributed by atoms with Crippen molar-refractivity contribution in [2.24, 2.45) is 17.8 Å². The number of Topliss-reactive ketones (excluding diaryl/α,β-unsaturated/α-hetero) is 1. The highest BCUT2D eigenvalue weighted by Crippen LogP contribution is 2.31. The van der Waals surface area contributed by atoms with Gasteiger partial charge in [-0.1, -0.05) is 25.2 Å². The first kappa shape index (κ1) is 9.90. The van der Waals surface area contributed by atoms with Gasteiger partial charge in [-0.2, -0.15) is 0 Å². The minimum Gasteiger partial charge on any atom is -0.299 e. The van der Waals surface area contributed by atoms with Gasteiger partial charge >= 0.3 is 0 Å². The molecule has 1 rings (SSSR count). The van der Waals surface area contributed by atoms with Crippen molar-refractivity contribution in [1.29, 1.82) is 0 Å². The Hall–Kier alpha value is -1.18. The Kier molecular flexibility index (Phi) is 3.18. The van der Waals surface area contributed by atoms with Gasteiger partial charge in [-0.25, -0.2) is 0 Å². The normalized spacial score (nSPS) is 32.6. The van der Waals surface area contributed by atoms with Gasteiger partial charge < -0.3 is 0 Å². The smallest absolute Gasteiger partial charge is 0.142 e. The molecule has 0 aromatic heterocycles. The Bertz CT molecular complexity index is 263. The molecule has 1 aliphatic rings. The highest BCUT2D eigenvalue weighted by atomic mass is 16.1. The molecule has 2 nitrogen and oxygen atoms in total. The van der Waals surface area contributed by atoms with E-state index in [1.54, 1.807) is 6.92 Å². The number of ketones is 1. The molecule has 13 heavy (non-hydrogen) atoms. The number of carbonyl (C=O) groups is 2. The van der Waals surface area contributed by atoms with Crippen LogP contribution in [-0.4, -0.2) is 12.1 Å². The largest absolute Gasteiger partial charge is 0.299 e. The summed E-state index contributed by atoms with van der Waals surface area (Å²) in [5, 5.41) is 0. The summed E-state index contributed by atoms with van der Waals surface area (Å²) < 4.78 is 0. The van der Waals surface area contributed by atoms with Crippen LogP contribution in [0.3, 0.4) is 0 Å². The van der Waals surface area contributed by atoms with Crippen LogP contribution in [0.2, 0.25) is 0 Å². The van der Waals surface area contributed by atoms with E-state index >= 15 is 0 Å². The zero-order valence-electron chi connectivity index (χ0n) is 7.94. The molecule has 0 radical (unpaired) electrons. The zero-order valence-corrected chi connectivity index (χ0v) is 7.94. The first-order chi connectivity index (χ1) is 6.16. The molecule has 70 valence electrons. The quantitative estimate of drug-likeness (QED) is 0.375. The maximum absolute atomic E-state index is 11.1. The monoisotopic (exact) mass is 178 g/mol. The van der Waals surface area contributed by atoms with Crippen molar-refractivity contribution in [1.82, 2.24) is 0 Å². The van der Waals surface area contributed by atoms with Gasteiger partial charge in [0.2, 0.25) is 0 Å². The minimum atomic E-state index is 0.0290. The second-order valence-corrected chi connectivity index (χ2v) is 3.48. The molecule has 0 N–H and O–H groups in total. The fraction of sp³-hybridized carbons (Fsp3) is 0.455. The first-order valence-corrected chi connectivity index (χ1v) is 4.47. The van der Waals surface area contributed by atoms with Crippen LogP contribution in [0.4, 0.5) is 0 Å². The van der Waals surface area contributed by atoms with Gasteiger partial charge in [-0.15, -0.1) is 0 Å². The average molecular weight is 178 g/mol. The van der Waals surface area contributed by atoms with Gasteiger partial charge in [0.15, 0.2) is 0 Å². The zero-order chi connectivity index (χ0) is 9.84. The lowest BCUT2D eigenvalue weighted by Gasteiger charge is -2.15. The molecule has 1 aliphatic carbocycles. The fourth-order valence-electron chi connectivity index (χ4n) is 1.76. The van der Waals surface area contributed by atoms with E-state index < -0.39 is 0 Å². The molecule has 0 saturated heterocycles. The first-order valence-electron chi connectivity index (χ1n) is 4.47. The number of rotatable bonds is 3. The summed E-state index contributed by atoms with van der Waals surface area (Å²) in [6.45, 7) is 3.64. The highest BCUT2D eigenvalue weighted by Gasteiger charge is 2.28. The summed E-state index contributed by atoms with van der Waals surface area (Å²) in [7, 11) is 0. The third kappa shape index (κ3) is 2.14. The Morgan fingerprint density at radius 3 is 2.54 bits per heavy atom. The van der Waals surface area contributed by atoms with Crippen LogP contribution in [-0.2, 0) is 9.59 Å². The van der Waals surface area contributed by atoms with Crippen molar-refractivity contribution in [3.63, 3.8) is 0 Å². The summed E-state index contributed by atoms with van der Waals surface area (Å²) in [6.07, 6.45) is 8.04. The highest BCUT2D eigenvalue weighted by molar-refractivity contribution is 5.81. The van der Waals surface area contributed by atoms with E-state index in [-0.39, 0.29) is 23.5 Å². The Labute approximate surface area is 78.3 Å². The van der Waals surface area contributed by atoms with Crippen molar-refractivity contribution < 1.29 is 9.59 Å². The maximum Gasteiger partial charge on any atom is 0.142 e. The molecule has 2 heteroatoms. The second kappa shape index (κ2) is 4.17.